The molecule has 2 rings (SSSR count). The lowest BCUT2D eigenvalue weighted by molar-refractivity contribution is 0.0698. The summed E-state index contributed by atoms with van der Waals surface area (Å²) in [6.07, 6.45) is 3.36. The van der Waals surface area contributed by atoms with Crippen LogP contribution in [0.1, 0.15) is 33.1 Å². The molecule has 14 heavy (non-hydrogen) atoms. The summed E-state index contributed by atoms with van der Waals surface area (Å²) >= 11 is 2.08. The van der Waals surface area contributed by atoms with E-state index in [1.54, 1.807) is 0 Å². The molecule has 1 aliphatic heterocycles. The van der Waals surface area contributed by atoms with Crippen LogP contribution in [0.3, 0.4) is 0 Å². The minimum Gasteiger partial charge on any atom is -0.391 e. The van der Waals surface area contributed by atoms with Crippen LogP contribution in [0.25, 0.3) is 0 Å². The molecule has 0 aromatic carbocycles. The largest absolute Gasteiger partial charge is 0.391 e. The van der Waals surface area contributed by atoms with Crippen LogP contribution in [0.2, 0.25) is 0 Å². The first-order chi connectivity index (χ1) is 6.66. The quantitative estimate of drug-likeness (QED) is 0.720. The lowest BCUT2D eigenvalue weighted by atomic mass is 10.1. The van der Waals surface area contributed by atoms with Crippen molar-refractivity contribution >= 4 is 11.8 Å². The molecule has 0 spiro atoms. The third-order valence-corrected chi connectivity index (χ3v) is 4.59. The standard InChI is InChI=1S/C11H21NOS/c1-8-6-12(7-9(2)14-8)10-4-3-5-11(10)13/h8-11,13H,3-7H2,1-2H3/t8?,9?,10-,11-/m0/s1. The summed E-state index contributed by atoms with van der Waals surface area (Å²) in [4.78, 5) is 2.52. The number of nitrogens with zero attached hydrogens (tertiary/aromatic N) is 1. The predicted molar refractivity (Wildman–Crippen MR) is 61.7 cm³/mol. The molecular weight excluding hydrogens is 194 g/mol. The highest BCUT2D eigenvalue weighted by atomic mass is 32.2. The van der Waals surface area contributed by atoms with Gasteiger partial charge in [-0.3, -0.25) is 4.90 Å². The van der Waals surface area contributed by atoms with Gasteiger partial charge in [0.15, 0.2) is 0 Å². The Morgan fingerprint density at radius 3 is 2.29 bits per heavy atom. The number of rotatable bonds is 1. The highest BCUT2D eigenvalue weighted by Crippen LogP contribution is 2.31. The summed E-state index contributed by atoms with van der Waals surface area (Å²) in [5.74, 6) is 0. The number of aliphatic hydroxyl groups is 1. The fraction of sp³-hybridized carbons (Fsp3) is 1.00. The highest BCUT2D eigenvalue weighted by Gasteiger charge is 2.34. The molecule has 0 aromatic rings. The maximum atomic E-state index is 9.87. The maximum Gasteiger partial charge on any atom is 0.0695 e. The molecule has 82 valence electrons. The first kappa shape index (κ1) is 10.8. The van der Waals surface area contributed by atoms with E-state index in [4.69, 9.17) is 0 Å². The number of aliphatic hydroxyl groups excluding tert-OH is 1. The van der Waals surface area contributed by atoms with Crippen LogP contribution < -0.4 is 0 Å². The van der Waals surface area contributed by atoms with Gasteiger partial charge in [-0.15, -0.1) is 0 Å². The number of hydrogen-bond acceptors (Lipinski definition) is 3. The lowest BCUT2D eigenvalue weighted by Crippen LogP contribution is -2.49. The van der Waals surface area contributed by atoms with E-state index in [2.05, 4.69) is 30.5 Å². The Hall–Kier alpha value is 0.270. The van der Waals surface area contributed by atoms with Crippen molar-refractivity contribution in [2.75, 3.05) is 13.1 Å². The minimum absolute atomic E-state index is 0.0579. The zero-order chi connectivity index (χ0) is 10.1. The van der Waals surface area contributed by atoms with Gasteiger partial charge in [0.2, 0.25) is 0 Å². The molecule has 1 saturated heterocycles. The van der Waals surface area contributed by atoms with Crippen LogP contribution in [-0.4, -0.2) is 45.7 Å². The molecule has 0 aromatic heterocycles. The van der Waals surface area contributed by atoms with Gasteiger partial charge in [-0.2, -0.15) is 11.8 Å². The van der Waals surface area contributed by atoms with Gasteiger partial charge < -0.3 is 5.11 Å². The van der Waals surface area contributed by atoms with E-state index in [0.29, 0.717) is 6.04 Å². The van der Waals surface area contributed by atoms with Crippen molar-refractivity contribution in [3.63, 3.8) is 0 Å². The molecule has 1 heterocycles. The van der Waals surface area contributed by atoms with Crippen LogP contribution in [0, 0.1) is 0 Å². The summed E-state index contributed by atoms with van der Waals surface area (Å²) in [5, 5.41) is 11.3. The van der Waals surface area contributed by atoms with Crippen LogP contribution in [0.4, 0.5) is 0 Å². The second kappa shape index (κ2) is 4.42. The topological polar surface area (TPSA) is 23.5 Å². The minimum atomic E-state index is -0.0579. The maximum absolute atomic E-state index is 9.87. The van der Waals surface area contributed by atoms with Crippen molar-refractivity contribution in [3.05, 3.63) is 0 Å². The first-order valence-electron chi connectivity index (χ1n) is 5.74. The van der Waals surface area contributed by atoms with Gasteiger partial charge >= 0.3 is 0 Å². The van der Waals surface area contributed by atoms with E-state index in [1.807, 2.05) is 0 Å². The van der Waals surface area contributed by atoms with Crippen LogP contribution in [0.15, 0.2) is 0 Å². The summed E-state index contributed by atoms with van der Waals surface area (Å²) in [6, 6.07) is 0.459. The van der Waals surface area contributed by atoms with E-state index >= 15 is 0 Å². The zero-order valence-electron chi connectivity index (χ0n) is 9.15. The Kier molecular flexibility index (Phi) is 3.40. The van der Waals surface area contributed by atoms with Crippen molar-refractivity contribution in [3.8, 4) is 0 Å². The summed E-state index contributed by atoms with van der Waals surface area (Å²) in [7, 11) is 0. The first-order valence-corrected chi connectivity index (χ1v) is 6.68. The van der Waals surface area contributed by atoms with Gasteiger partial charge in [0, 0.05) is 29.6 Å². The van der Waals surface area contributed by atoms with Gasteiger partial charge in [-0.25, -0.2) is 0 Å². The molecule has 2 fully saturated rings. The third-order valence-electron chi connectivity index (χ3n) is 3.36. The average Bonchev–Trinajstić information content (AvgIpc) is 2.49. The molecule has 0 amide bonds. The van der Waals surface area contributed by atoms with Crippen molar-refractivity contribution < 1.29 is 5.11 Å². The van der Waals surface area contributed by atoms with Crippen LogP contribution >= 0.6 is 11.8 Å². The van der Waals surface area contributed by atoms with E-state index in [1.165, 1.54) is 12.8 Å². The van der Waals surface area contributed by atoms with Crippen molar-refractivity contribution in [2.45, 2.75) is 55.8 Å². The molecular formula is C11H21NOS. The zero-order valence-corrected chi connectivity index (χ0v) is 9.96. The van der Waals surface area contributed by atoms with E-state index in [0.717, 1.165) is 30.0 Å². The van der Waals surface area contributed by atoms with Crippen LogP contribution in [0.5, 0.6) is 0 Å². The molecule has 1 saturated carbocycles. The Bertz CT molecular complexity index is 190. The van der Waals surface area contributed by atoms with Crippen molar-refractivity contribution in [1.82, 2.24) is 4.90 Å². The van der Waals surface area contributed by atoms with Gasteiger partial charge in [-0.05, 0) is 19.3 Å². The number of hydrogen-bond donors (Lipinski definition) is 1. The van der Waals surface area contributed by atoms with E-state index < -0.39 is 0 Å². The second-order valence-corrected chi connectivity index (χ2v) is 6.66. The Morgan fingerprint density at radius 2 is 1.79 bits per heavy atom. The van der Waals surface area contributed by atoms with Gasteiger partial charge in [0.25, 0.3) is 0 Å². The monoisotopic (exact) mass is 215 g/mol. The van der Waals surface area contributed by atoms with Crippen molar-refractivity contribution in [2.24, 2.45) is 0 Å². The molecule has 4 atom stereocenters. The fourth-order valence-corrected chi connectivity index (χ4v) is 4.18. The normalized spacial score (nSPS) is 45.6. The van der Waals surface area contributed by atoms with E-state index in [-0.39, 0.29) is 6.10 Å². The SMILES string of the molecule is CC1CN([C@H]2CCC[C@@H]2O)CC(C)S1. The third kappa shape index (κ3) is 2.26. The van der Waals surface area contributed by atoms with Gasteiger partial charge in [0.05, 0.1) is 6.10 Å². The van der Waals surface area contributed by atoms with Gasteiger partial charge in [0.1, 0.15) is 0 Å². The smallest absolute Gasteiger partial charge is 0.0695 e. The molecule has 3 heteroatoms. The summed E-state index contributed by atoms with van der Waals surface area (Å²) in [5.41, 5.74) is 0. The molecule has 2 nitrogen and oxygen atoms in total. The summed E-state index contributed by atoms with van der Waals surface area (Å²) in [6.45, 7) is 6.93. The molecule has 0 bridgehead atoms. The molecule has 0 radical (unpaired) electrons. The molecule has 1 N–H and O–H groups in total. The van der Waals surface area contributed by atoms with Gasteiger partial charge in [-0.1, -0.05) is 13.8 Å². The Morgan fingerprint density at radius 1 is 1.14 bits per heavy atom. The van der Waals surface area contributed by atoms with E-state index in [9.17, 15) is 5.11 Å². The van der Waals surface area contributed by atoms with Crippen molar-refractivity contribution in [1.29, 1.82) is 0 Å². The molecule has 2 unspecified atom stereocenters. The number of thioether (sulfide) groups is 1. The highest BCUT2D eigenvalue weighted by molar-refractivity contribution is 8.00. The Balaban J connectivity index is 1.95. The predicted octanol–water partition coefficient (Wildman–Crippen LogP) is 1.73. The second-order valence-electron chi connectivity index (χ2n) is 4.78. The molecule has 1 aliphatic carbocycles. The lowest BCUT2D eigenvalue weighted by Gasteiger charge is -2.39. The fourth-order valence-electron chi connectivity index (χ4n) is 2.84. The molecule has 2 aliphatic rings. The average molecular weight is 215 g/mol. The van der Waals surface area contributed by atoms with Crippen LogP contribution in [-0.2, 0) is 0 Å². The Labute approximate surface area is 91.1 Å². The summed E-state index contributed by atoms with van der Waals surface area (Å²) < 4.78 is 0.